The highest BCUT2D eigenvalue weighted by molar-refractivity contribution is 7.90. The van der Waals surface area contributed by atoms with E-state index in [2.05, 4.69) is 0 Å². The fourth-order valence-electron chi connectivity index (χ4n) is 2.26. The molecular formula is C15H9Cl2NO3S. The monoisotopic (exact) mass is 353 g/mol. The number of hydrogen-bond acceptors (Lipinski definition) is 3. The van der Waals surface area contributed by atoms with Gasteiger partial charge < -0.3 is 0 Å². The van der Waals surface area contributed by atoms with Crippen LogP contribution in [0.5, 0.6) is 0 Å². The van der Waals surface area contributed by atoms with Gasteiger partial charge in [-0.1, -0.05) is 35.9 Å². The highest BCUT2D eigenvalue weighted by Gasteiger charge is 2.26. The number of aromatic nitrogens is 1. The van der Waals surface area contributed by atoms with Crippen molar-refractivity contribution in [2.75, 3.05) is 0 Å². The zero-order valence-electron chi connectivity index (χ0n) is 11.0. The van der Waals surface area contributed by atoms with Crippen molar-refractivity contribution in [3.8, 4) is 0 Å². The van der Waals surface area contributed by atoms with E-state index < -0.39 is 15.3 Å². The van der Waals surface area contributed by atoms with E-state index in [0.717, 1.165) is 3.97 Å². The molecule has 0 unspecified atom stereocenters. The van der Waals surface area contributed by atoms with E-state index in [0.29, 0.717) is 15.9 Å². The van der Waals surface area contributed by atoms with E-state index in [4.69, 9.17) is 23.2 Å². The van der Waals surface area contributed by atoms with Crippen molar-refractivity contribution >= 4 is 49.4 Å². The summed E-state index contributed by atoms with van der Waals surface area (Å²) in [7, 11) is -3.96. The van der Waals surface area contributed by atoms with Gasteiger partial charge in [-0.05, 0) is 41.9 Å². The number of nitrogens with zero attached hydrogens (tertiary/aromatic N) is 1. The molecule has 0 atom stereocenters. The predicted octanol–water partition coefficient (Wildman–Crippen LogP) is 3.91. The lowest BCUT2D eigenvalue weighted by atomic mass is 10.2. The first-order chi connectivity index (χ1) is 10.4. The maximum Gasteiger partial charge on any atom is 0.269 e. The summed E-state index contributed by atoms with van der Waals surface area (Å²) in [6, 6.07) is 14.0. The molecule has 4 nitrogen and oxygen atoms in total. The molecule has 0 N–H and O–H groups in total. The van der Waals surface area contributed by atoms with Crippen LogP contribution in [0.25, 0.3) is 10.9 Å². The van der Waals surface area contributed by atoms with Gasteiger partial charge in [0.1, 0.15) is 5.69 Å². The Hall–Kier alpha value is -1.82. The SMILES string of the molecule is O=C(Cl)c1cc2c(Cl)cccc2n1S(=O)(=O)c1ccccc1. The first-order valence-corrected chi connectivity index (χ1v) is 8.43. The van der Waals surface area contributed by atoms with E-state index >= 15 is 0 Å². The van der Waals surface area contributed by atoms with Crippen molar-refractivity contribution in [2.45, 2.75) is 4.90 Å². The van der Waals surface area contributed by atoms with Crippen molar-refractivity contribution in [1.29, 1.82) is 0 Å². The average molecular weight is 354 g/mol. The Labute approximate surface area is 136 Å². The first-order valence-electron chi connectivity index (χ1n) is 6.23. The summed E-state index contributed by atoms with van der Waals surface area (Å²) < 4.78 is 26.6. The summed E-state index contributed by atoms with van der Waals surface area (Å²) in [5.74, 6) is 0. The summed E-state index contributed by atoms with van der Waals surface area (Å²) >= 11 is 11.6. The van der Waals surface area contributed by atoms with E-state index in [1.165, 1.54) is 18.2 Å². The summed E-state index contributed by atoms with van der Waals surface area (Å²) in [5.41, 5.74) is 0.161. The van der Waals surface area contributed by atoms with Gasteiger partial charge in [-0.2, -0.15) is 0 Å². The third kappa shape index (κ3) is 2.31. The molecule has 0 aliphatic rings. The van der Waals surface area contributed by atoms with E-state index in [1.807, 2.05) is 0 Å². The second-order valence-corrected chi connectivity index (χ2v) is 7.10. The Morgan fingerprint density at radius 3 is 2.32 bits per heavy atom. The Morgan fingerprint density at radius 2 is 1.68 bits per heavy atom. The molecular weight excluding hydrogens is 345 g/mol. The van der Waals surface area contributed by atoms with Crippen LogP contribution in [0, 0.1) is 0 Å². The van der Waals surface area contributed by atoms with E-state index in [9.17, 15) is 13.2 Å². The zero-order valence-corrected chi connectivity index (χ0v) is 13.4. The first kappa shape index (κ1) is 15.1. The summed E-state index contributed by atoms with van der Waals surface area (Å²) in [5, 5.41) is -0.0712. The second-order valence-electron chi connectivity index (χ2n) is 4.56. The molecule has 3 aromatic rings. The standard InChI is InChI=1S/C15H9Cl2NO3S/c16-12-7-4-8-13-11(12)9-14(15(17)19)18(13)22(20,21)10-5-2-1-3-6-10/h1-9H. The van der Waals surface area contributed by atoms with Crippen LogP contribution in [-0.2, 0) is 10.0 Å². The third-order valence-corrected chi connectivity index (χ3v) is 5.50. The highest BCUT2D eigenvalue weighted by Crippen LogP contribution is 2.31. The Kier molecular flexibility index (Phi) is 3.72. The number of carbonyl (C=O) groups excluding carboxylic acids is 1. The summed E-state index contributed by atoms with van der Waals surface area (Å²) in [4.78, 5) is 11.7. The minimum absolute atomic E-state index is 0.0617. The van der Waals surface area contributed by atoms with Gasteiger partial charge in [0.15, 0.2) is 0 Å². The molecule has 0 radical (unpaired) electrons. The van der Waals surface area contributed by atoms with Crippen LogP contribution in [0.3, 0.4) is 0 Å². The molecule has 22 heavy (non-hydrogen) atoms. The minimum Gasteiger partial charge on any atom is -0.274 e. The summed E-state index contributed by atoms with van der Waals surface area (Å²) in [6.45, 7) is 0. The number of rotatable bonds is 3. The maximum atomic E-state index is 12.9. The van der Waals surface area contributed by atoms with Gasteiger partial charge in [-0.25, -0.2) is 12.4 Å². The Morgan fingerprint density at radius 1 is 1.00 bits per heavy atom. The summed E-state index contributed by atoms with van der Waals surface area (Å²) in [6.07, 6.45) is 0. The average Bonchev–Trinajstić information content (AvgIpc) is 2.90. The van der Waals surface area contributed by atoms with Gasteiger partial charge in [-0.3, -0.25) is 4.79 Å². The van der Waals surface area contributed by atoms with Crippen LogP contribution >= 0.6 is 23.2 Å². The van der Waals surface area contributed by atoms with Gasteiger partial charge in [0, 0.05) is 10.4 Å². The maximum absolute atomic E-state index is 12.9. The lowest BCUT2D eigenvalue weighted by Crippen LogP contribution is -2.16. The van der Waals surface area contributed by atoms with Gasteiger partial charge in [0.05, 0.1) is 10.4 Å². The van der Waals surface area contributed by atoms with E-state index in [-0.39, 0.29) is 10.6 Å². The van der Waals surface area contributed by atoms with Crippen LogP contribution in [0.15, 0.2) is 59.5 Å². The molecule has 1 heterocycles. The van der Waals surface area contributed by atoms with Crippen molar-refractivity contribution in [1.82, 2.24) is 3.97 Å². The van der Waals surface area contributed by atoms with Crippen LogP contribution in [0.4, 0.5) is 0 Å². The van der Waals surface area contributed by atoms with Gasteiger partial charge in [-0.15, -0.1) is 0 Å². The molecule has 0 aliphatic carbocycles. The molecule has 0 fully saturated rings. The molecule has 7 heteroatoms. The molecule has 0 saturated carbocycles. The second kappa shape index (κ2) is 5.43. The number of hydrogen-bond donors (Lipinski definition) is 0. The van der Waals surface area contributed by atoms with Crippen LogP contribution < -0.4 is 0 Å². The number of carbonyl (C=O) groups is 1. The van der Waals surface area contributed by atoms with Gasteiger partial charge in [0.25, 0.3) is 15.3 Å². The molecule has 0 amide bonds. The van der Waals surface area contributed by atoms with Gasteiger partial charge >= 0.3 is 0 Å². The lowest BCUT2D eigenvalue weighted by Gasteiger charge is -2.10. The third-order valence-electron chi connectivity index (χ3n) is 3.23. The Bertz CT molecular complexity index is 979. The molecule has 2 aromatic carbocycles. The molecule has 1 aromatic heterocycles. The van der Waals surface area contributed by atoms with Crippen molar-refractivity contribution < 1.29 is 13.2 Å². The van der Waals surface area contributed by atoms with E-state index in [1.54, 1.807) is 36.4 Å². The predicted molar refractivity (Wildman–Crippen MR) is 86.2 cm³/mol. The topological polar surface area (TPSA) is 56.1 Å². The Balaban J connectivity index is 2.42. The van der Waals surface area contributed by atoms with Crippen LogP contribution in [0.2, 0.25) is 5.02 Å². The molecule has 0 spiro atoms. The number of fused-ring (bicyclic) bond motifs is 1. The largest absolute Gasteiger partial charge is 0.274 e. The van der Waals surface area contributed by atoms with Crippen molar-refractivity contribution in [3.63, 3.8) is 0 Å². The lowest BCUT2D eigenvalue weighted by molar-refractivity contribution is 0.107. The fraction of sp³-hybridized carbons (Fsp3) is 0. The molecule has 0 bridgehead atoms. The van der Waals surface area contributed by atoms with Gasteiger partial charge in [0.2, 0.25) is 0 Å². The number of benzene rings is 2. The van der Waals surface area contributed by atoms with Crippen LogP contribution in [0.1, 0.15) is 10.5 Å². The van der Waals surface area contributed by atoms with Crippen molar-refractivity contribution in [2.24, 2.45) is 0 Å². The smallest absolute Gasteiger partial charge is 0.269 e. The normalized spacial score (nSPS) is 11.7. The highest BCUT2D eigenvalue weighted by atomic mass is 35.5. The zero-order chi connectivity index (χ0) is 15.9. The molecule has 0 aliphatic heterocycles. The van der Waals surface area contributed by atoms with Crippen molar-refractivity contribution in [3.05, 3.63) is 65.3 Å². The molecule has 3 rings (SSSR count). The fourth-order valence-corrected chi connectivity index (χ4v) is 4.20. The minimum atomic E-state index is -3.96. The molecule has 0 saturated heterocycles. The number of halogens is 2. The quantitative estimate of drug-likeness (QED) is 0.670. The van der Waals surface area contributed by atoms with Crippen LogP contribution in [-0.4, -0.2) is 17.6 Å². The molecule has 112 valence electrons.